The van der Waals surface area contributed by atoms with Gasteiger partial charge in [-0.25, -0.2) is 9.97 Å². The van der Waals surface area contributed by atoms with Crippen LogP contribution in [0, 0.1) is 5.92 Å². The molecule has 3 rings (SSSR count). The number of carbonyl (C=O) groups excluding carboxylic acids is 1. The van der Waals surface area contributed by atoms with Crippen molar-refractivity contribution in [3.05, 3.63) is 29.4 Å². The number of aromatic nitrogens is 2. The molecule has 0 saturated heterocycles. The predicted molar refractivity (Wildman–Crippen MR) is 65.9 cm³/mol. The molecule has 0 bridgehead atoms. The van der Waals surface area contributed by atoms with Crippen LogP contribution in [0.15, 0.2) is 24.3 Å². The van der Waals surface area contributed by atoms with Crippen LogP contribution in [0.4, 0.5) is 5.82 Å². The Balaban J connectivity index is 1.97. The van der Waals surface area contributed by atoms with Crippen LogP contribution < -0.4 is 5.32 Å². The van der Waals surface area contributed by atoms with Crippen molar-refractivity contribution in [3.8, 4) is 0 Å². The Morgan fingerprint density at radius 2 is 1.88 bits per heavy atom. The standard InChI is InChI=1S/C12H10ClN3O/c13-10-11(16-12(17)7-5-6-7)15-9-4-2-1-3-8(9)14-10/h1-4,7H,5-6H2,(H,15,16,17). The number of carbonyl (C=O) groups is 1. The quantitative estimate of drug-likeness (QED) is 0.888. The number of nitrogens with one attached hydrogen (secondary N) is 1. The second kappa shape index (κ2) is 3.96. The minimum Gasteiger partial charge on any atom is -0.308 e. The Kier molecular flexibility index (Phi) is 2.44. The van der Waals surface area contributed by atoms with Gasteiger partial charge >= 0.3 is 0 Å². The molecule has 1 fully saturated rings. The minimum atomic E-state index is -0.0171. The normalized spacial score (nSPS) is 14.9. The lowest BCUT2D eigenvalue weighted by Gasteiger charge is -2.06. The van der Waals surface area contributed by atoms with Crippen molar-refractivity contribution >= 4 is 34.4 Å². The van der Waals surface area contributed by atoms with Gasteiger partial charge in [0.25, 0.3) is 0 Å². The molecule has 0 unspecified atom stereocenters. The SMILES string of the molecule is O=C(Nc1nc2ccccc2nc1Cl)C1CC1. The molecule has 0 spiro atoms. The number of halogens is 1. The van der Waals surface area contributed by atoms with Gasteiger partial charge in [0.2, 0.25) is 5.91 Å². The van der Waals surface area contributed by atoms with Crippen molar-refractivity contribution in [1.82, 2.24) is 9.97 Å². The summed E-state index contributed by atoms with van der Waals surface area (Å²) in [4.78, 5) is 20.1. The maximum absolute atomic E-state index is 11.6. The molecule has 1 saturated carbocycles. The maximum atomic E-state index is 11.6. The average Bonchev–Trinajstić information content (AvgIpc) is 3.14. The highest BCUT2D eigenvalue weighted by Gasteiger charge is 2.30. The fraction of sp³-hybridized carbons (Fsp3) is 0.250. The second-order valence-electron chi connectivity index (χ2n) is 4.12. The summed E-state index contributed by atoms with van der Waals surface area (Å²) in [5, 5.41) is 2.95. The summed E-state index contributed by atoms with van der Waals surface area (Å²) in [6, 6.07) is 7.42. The Morgan fingerprint density at radius 1 is 1.24 bits per heavy atom. The molecular weight excluding hydrogens is 238 g/mol. The lowest BCUT2D eigenvalue weighted by molar-refractivity contribution is -0.117. The van der Waals surface area contributed by atoms with Crippen molar-refractivity contribution in [2.24, 2.45) is 5.92 Å². The van der Waals surface area contributed by atoms with Gasteiger partial charge in [0.15, 0.2) is 11.0 Å². The molecule has 1 amide bonds. The van der Waals surface area contributed by atoms with Gasteiger partial charge in [-0.2, -0.15) is 0 Å². The van der Waals surface area contributed by atoms with E-state index in [4.69, 9.17) is 11.6 Å². The highest BCUT2D eigenvalue weighted by molar-refractivity contribution is 6.32. The number of anilines is 1. The van der Waals surface area contributed by atoms with Gasteiger partial charge in [0, 0.05) is 5.92 Å². The first kappa shape index (κ1) is 10.5. The van der Waals surface area contributed by atoms with E-state index in [1.807, 2.05) is 24.3 Å². The number of hydrogen-bond acceptors (Lipinski definition) is 3. The third-order valence-electron chi connectivity index (χ3n) is 2.72. The molecule has 1 aromatic heterocycles. The third-order valence-corrected chi connectivity index (χ3v) is 2.98. The first-order valence-electron chi connectivity index (χ1n) is 5.47. The zero-order valence-corrected chi connectivity index (χ0v) is 9.74. The van der Waals surface area contributed by atoms with Crippen LogP contribution >= 0.6 is 11.6 Å². The number of benzene rings is 1. The highest BCUT2D eigenvalue weighted by atomic mass is 35.5. The number of hydrogen-bond donors (Lipinski definition) is 1. The van der Waals surface area contributed by atoms with E-state index in [-0.39, 0.29) is 17.0 Å². The summed E-state index contributed by atoms with van der Waals surface area (Å²) < 4.78 is 0. The molecule has 1 aliphatic rings. The van der Waals surface area contributed by atoms with Gasteiger partial charge in [-0.3, -0.25) is 4.79 Å². The van der Waals surface area contributed by atoms with Crippen LogP contribution in [0.25, 0.3) is 11.0 Å². The first-order chi connectivity index (χ1) is 8.24. The van der Waals surface area contributed by atoms with Crippen molar-refractivity contribution in [2.45, 2.75) is 12.8 Å². The Bertz CT molecular complexity index is 595. The van der Waals surface area contributed by atoms with Gasteiger partial charge in [0.1, 0.15) is 0 Å². The van der Waals surface area contributed by atoms with Crippen LogP contribution in [0.2, 0.25) is 5.15 Å². The van der Waals surface area contributed by atoms with Gasteiger partial charge < -0.3 is 5.32 Å². The molecule has 1 heterocycles. The Morgan fingerprint density at radius 3 is 2.53 bits per heavy atom. The summed E-state index contributed by atoms with van der Waals surface area (Å²) in [7, 11) is 0. The van der Waals surface area contributed by atoms with E-state index in [1.165, 1.54) is 0 Å². The van der Waals surface area contributed by atoms with E-state index >= 15 is 0 Å². The van der Waals surface area contributed by atoms with Gasteiger partial charge in [-0.05, 0) is 25.0 Å². The zero-order valence-electron chi connectivity index (χ0n) is 8.98. The molecule has 1 aliphatic carbocycles. The number of nitrogens with zero attached hydrogens (tertiary/aromatic N) is 2. The highest BCUT2D eigenvalue weighted by Crippen LogP contribution is 2.31. The molecule has 1 aromatic carbocycles. The monoisotopic (exact) mass is 247 g/mol. The zero-order chi connectivity index (χ0) is 11.8. The fourth-order valence-electron chi connectivity index (χ4n) is 1.62. The molecule has 5 heteroatoms. The fourth-order valence-corrected chi connectivity index (χ4v) is 1.80. The van der Waals surface area contributed by atoms with E-state index in [0.29, 0.717) is 5.82 Å². The first-order valence-corrected chi connectivity index (χ1v) is 5.85. The average molecular weight is 248 g/mol. The van der Waals surface area contributed by atoms with Gasteiger partial charge in [0.05, 0.1) is 11.0 Å². The van der Waals surface area contributed by atoms with Gasteiger partial charge in [-0.1, -0.05) is 23.7 Å². The van der Waals surface area contributed by atoms with Crippen LogP contribution in [0.1, 0.15) is 12.8 Å². The summed E-state index contributed by atoms with van der Waals surface area (Å²) in [5.74, 6) is 0.457. The predicted octanol–water partition coefficient (Wildman–Crippen LogP) is 2.63. The largest absolute Gasteiger partial charge is 0.308 e. The number of rotatable bonds is 2. The molecular formula is C12H10ClN3O. The smallest absolute Gasteiger partial charge is 0.228 e. The third kappa shape index (κ3) is 2.08. The van der Waals surface area contributed by atoms with Crippen molar-refractivity contribution in [3.63, 3.8) is 0 Å². The number of amides is 1. The van der Waals surface area contributed by atoms with E-state index in [1.54, 1.807) is 0 Å². The summed E-state index contributed by atoms with van der Waals surface area (Å²) >= 11 is 5.98. The maximum Gasteiger partial charge on any atom is 0.228 e. The minimum absolute atomic E-state index is 0.0171. The van der Waals surface area contributed by atoms with E-state index in [9.17, 15) is 4.79 Å². The van der Waals surface area contributed by atoms with Crippen LogP contribution in [0.3, 0.4) is 0 Å². The van der Waals surface area contributed by atoms with Crippen molar-refractivity contribution in [2.75, 3.05) is 5.32 Å². The molecule has 0 atom stereocenters. The van der Waals surface area contributed by atoms with Crippen LogP contribution in [-0.4, -0.2) is 15.9 Å². The van der Waals surface area contributed by atoms with Gasteiger partial charge in [-0.15, -0.1) is 0 Å². The number of para-hydroxylation sites is 2. The van der Waals surface area contributed by atoms with Crippen LogP contribution in [0.5, 0.6) is 0 Å². The lowest BCUT2D eigenvalue weighted by Crippen LogP contribution is -2.15. The van der Waals surface area contributed by atoms with Crippen LogP contribution in [-0.2, 0) is 4.79 Å². The molecule has 0 radical (unpaired) electrons. The summed E-state index contributed by atoms with van der Waals surface area (Å²) in [6.07, 6.45) is 1.90. The van der Waals surface area contributed by atoms with Crippen molar-refractivity contribution in [1.29, 1.82) is 0 Å². The van der Waals surface area contributed by atoms with E-state index < -0.39 is 0 Å². The summed E-state index contributed by atoms with van der Waals surface area (Å²) in [6.45, 7) is 0. The van der Waals surface area contributed by atoms with Crippen molar-refractivity contribution < 1.29 is 4.79 Å². The Hall–Kier alpha value is -1.68. The van der Waals surface area contributed by atoms with E-state index in [2.05, 4.69) is 15.3 Å². The topological polar surface area (TPSA) is 54.9 Å². The summed E-state index contributed by atoms with van der Waals surface area (Å²) in [5.41, 5.74) is 1.45. The molecule has 2 aromatic rings. The second-order valence-corrected chi connectivity index (χ2v) is 4.47. The molecule has 4 nitrogen and oxygen atoms in total. The number of fused-ring (bicyclic) bond motifs is 1. The lowest BCUT2D eigenvalue weighted by atomic mass is 10.3. The van der Waals surface area contributed by atoms with E-state index in [0.717, 1.165) is 23.9 Å². The molecule has 0 aliphatic heterocycles. The molecule has 86 valence electrons. The Labute approximate surface area is 103 Å². The molecule has 17 heavy (non-hydrogen) atoms. The molecule has 1 N–H and O–H groups in total.